The standard InChI is InChI=1S/C8H14N2O3S/c11-14(12,7-1-9-2-7)10-3-8(4-10)5-13-6-8/h7,9H,1-6H2. The third kappa shape index (κ3) is 1.08. The summed E-state index contributed by atoms with van der Waals surface area (Å²) < 4.78 is 30.5. The summed E-state index contributed by atoms with van der Waals surface area (Å²) in [5.41, 5.74) is 0.185. The summed E-state index contributed by atoms with van der Waals surface area (Å²) in [5.74, 6) is 0. The lowest BCUT2D eigenvalue weighted by Crippen LogP contribution is -2.70. The first-order valence-electron chi connectivity index (χ1n) is 4.90. The van der Waals surface area contributed by atoms with E-state index >= 15 is 0 Å². The Kier molecular flexibility index (Phi) is 1.75. The highest BCUT2D eigenvalue weighted by Gasteiger charge is 2.54. The summed E-state index contributed by atoms with van der Waals surface area (Å²) in [4.78, 5) is 0. The first-order valence-corrected chi connectivity index (χ1v) is 6.40. The number of nitrogens with one attached hydrogen (secondary N) is 1. The van der Waals surface area contributed by atoms with Crippen molar-refractivity contribution in [3.63, 3.8) is 0 Å². The molecule has 14 heavy (non-hydrogen) atoms. The molecule has 3 heterocycles. The fraction of sp³-hybridized carbons (Fsp3) is 1.00. The van der Waals surface area contributed by atoms with E-state index in [2.05, 4.69) is 5.32 Å². The van der Waals surface area contributed by atoms with E-state index in [4.69, 9.17) is 4.74 Å². The molecule has 0 aromatic heterocycles. The van der Waals surface area contributed by atoms with Crippen LogP contribution in [0.25, 0.3) is 0 Å². The maximum absolute atomic E-state index is 11.9. The Morgan fingerprint density at radius 3 is 2.29 bits per heavy atom. The summed E-state index contributed by atoms with van der Waals surface area (Å²) in [6.45, 7) is 4.05. The van der Waals surface area contributed by atoms with Gasteiger partial charge in [-0.3, -0.25) is 0 Å². The van der Waals surface area contributed by atoms with Gasteiger partial charge in [0.05, 0.1) is 13.2 Å². The SMILES string of the molecule is O=S(=O)(C1CNC1)N1CC2(COC2)C1. The van der Waals surface area contributed by atoms with Crippen LogP contribution in [-0.2, 0) is 14.8 Å². The molecule has 5 nitrogen and oxygen atoms in total. The lowest BCUT2D eigenvalue weighted by Gasteiger charge is -2.55. The quantitative estimate of drug-likeness (QED) is 0.620. The Hall–Kier alpha value is -0.170. The zero-order valence-electron chi connectivity index (χ0n) is 7.90. The molecule has 3 aliphatic rings. The topological polar surface area (TPSA) is 58.6 Å². The second kappa shape index (κ2) is 2.69. The molecule has 1 N–H and O–H groups in total. The van der Waals surface area contributed by atoms with E-state index in [1.807, 2.05) is 0 Å². The highest BCUT2D eigenvalue weighted by Crippen LogP contribution is 2.39. The second-order valence-corrected chi connectivity index (χ2v) is 6.80. The van der Waals surface area contributed by atoms with Crippen molar-refractivity contribution in [2.24, 2.45) is 5.41 Å². The fourth-order valence-electron chi connectivity index (χ4n) is 2.14. The van der Waals surface area contributed by atoms with Gasteiger partial charge in [-0.15, -0.1) is 0 Å². The second-order valence-electron chi connectivity index (χ2n) is 4.59. The van der Waals surface area contributed by atoms with Crippen LogP contribution in [0.2, 0.25) is 0 Å². The molecule has 0 amide bonds. The molecule has 0 radical (unpaired) electrons. The van der Waals surface area contributed by atoms with Gasteiger partial charge in [0, 0.05) is 31.6 Å². The minimum Gasteiger partial charge on any atom is -0.380 e. The van der Waals surface area contributed by atoms with E-state index in [9.17, 15) is 8.42 Å². The van der Waals surface area contributed by atoms with Gasteiger partial charge in [-0.2, -0.15) is 0 Å². The zero-order chi connectivity index (χ0) is 9.81. The molecule has 1 spiro atoms. The first kappa shape index (κ1) is 9.08. The van der Waals surface area contributed by atoms with Crippen LogP contribution in [0, 0.1) is 5.41 Å². The Labute approximate surface area is 83.5 Å². The van der Waals surface area contributed by atoms with E-state index in [1.165, 1.54) is 0 Å². The number of hydrogen-bond acceptors (Lipinski definition) is 4. The van der Waals surface area contributed by atoms with Crippen molar-refractivity contribution in [3.8, 4) is 0 Å². The lowest BCUT2D eigenvalue weighted by molar-refractivity contribution is -0.167. The van der Waals surface area contributed by atoms with E-state index in [-0.39, 0.29) is 10.7 Å². The predicted octanol–water partition coefficient (Wildman–Crippen LogP) is -1.38. The average molecular weight is 218 g/mol. The van der Waals surface area contributed by atoms with Crippen LogP contribution in [0.1, 0.15) is 0 Å². The molecule has 3 saturated heterocycles. The van der Waals surface area contributed by atoms with Gasteiger partial charge in [0.2, 0.25) is 10.0 Å². The Bertz CT molecular complexity index is 338. The molecule has 0 aromatic rings. The van der Waals surface area contributed by atoms with Crippen LogP contribution >= 0.6 is 0 Å². The third-order valence-corrected chi connectivity index (χ3v) is 5.52. The Morgan fingerprint density at radius 2 is 1.93 bits per heavy atom. The highest BCUT2D eigenvalue weighted by atomic mass is 32.2. The van der Waals surface area contributed by atoms with Crippen LogP contribution < -0.4 is 5.32 Å². The molecule has 0 saturated carbocycles. The van der Waals surface area contributed by atoms with Crippen molar-refractivity contribution in [3.05, 3.63) is 0 Å². The number of nitrogens with zero attached hydrogens (tertiary/aromatic N) is 1. The van der Waals surface area contributed by atoms with E-state index in [0.717, 1.165) is 13.2 Å². The minimum absolute atomic E-state index is 0.180. The van der Waals surface area contributed by atoms with E-state index in [0.29, 0.717) is 26.2 Å². The average Bonchev–Trinajstić information content (AvgIpc) is 1.71. The van der Waals surface area contributed by atoms with Crippen LogP contribution in [0.4, 0.5) is 0 Å². The molecule has 3 rings (SSSR count). The molecule has 6 heteroatoms. The molecule has 3 aliphatic heterocycles. The molecule has 0 aliphatic carbocycles. The maximum Gasteiger partial charge on any atom is 0.219 e. The molecule has 80 valence electrons. The zero-order valence-corrected chi connectivity index (χ0v) is 8.72. The number of rotatable bonds is 2. The normalized spacial score (nSPS) is 32.0. The van der Waals surface area contributed by atoms with Gasteiger partial charge in [0.1, 0.15) is 5.25 Å². The number of ether oxygens (including phenoxy) is 1. The summed E-state index contributed by atoms with van der Waals surface area (Å²) in [5, 5.41) is 2.81. The van der Waals surface area contributed by atoms with Crippen LogP contribution in [0.5, 0.6) is 0 Å². The molecular weight excluding hydrogens is 204 g/mol. The summed E-state index contributed by atoms with van der Waals surface area (Å²) in [6.07, 6.45) is 0. The molecule has 0 atom stereocenters. The van der Waals surface area contributed by atoms with Crippen molar-refractivity contribution >= 4 is 10.0 Å². The molecule has 3 fully saturated rings. The van der Waals surface area contributed by atoms with Gasteiger partial charge in [-0.05, 0) is 0 Å². The smallest absolute Gasteiger partial charge is 0.219 e. The predicted molar refractivity (Wildman–Crippen MR) is 50.4 cm³/mol. The summed E-state index contributed by atoms with van der Waals surface area (Å²) in [6, 6.07) is 0. The van der Waals surface area contributed by atoms with Crippen molar-refractivity contribution in [1.29, 1.82) is 0 Å². The fourth-order valence-corrected chi connectivity index (χ4v) is 4.12. The number of sulfonamides is 1. The highest BCUT2D eigenvalue weighted by molar-refractivity contribution is 7.89. The van der Waals surface area contributed by atoms with Gasteiger partial charge in [-0.1, -0.05) is 0 Å². The van der Waals surface area contributed by atoms with Gasteiger partial charge in [0.25, 0.3) is 0 Å². The van der Waals surface area contributed by atoms with Gasteiger partial charge >= 0.3 is 0 Å². The number of hydrogen-bond donors (Lipinski definition) is 1. The Morgan fingerprint density at radius 1 is 1.29 bits per heavy atom. The van der Waals surface area contributed by atoms with Crippen molar-refractivity contribution in [2.45, 2.75) is 5.25 Å². The van der Waals surface area contributed by atoms with Gasteiger partial charge < -0.3 is 10.1 Å². The third-order valence-electron chi connectivity index (χ3n) is 3.37. The minimum atomic E-state index is -3.00. The van der Waals surface area contributed by atoms with Crippen molar-refractivity contribution < 1.29 is 13.2 Å². The van der Waals surface area contributed by atoms with Crippen LogP contribution in [-0.4, -0.2) is 57.4 Å². The van der Waals surface area contributed by atoms with Crippen LogP contribution in [0.3, 0.4) is 0 Å². The van der Waals surface area contributed by atoms with E-state index < -0.39 is 10.0 Å². The summed E-state index contributed by atoms with van der Waals surface area (Å²) >= 11 is 0. The van der Waals surface area contributed by atoms with Gasteiger partial charge in [0.15, 0.2) is 0 Å². The maximum atomic E-state index is 11.9. The lowest BCUT2D eigenvalue weighted by atomic mass is 9.80. The van der Waals surface area contributed by atoms with Crippen molar-refractivity contribution in [1.82, 2.24) is 9.62 Å². The molecule has 0 aromatic carbocycles. The molecular formula is C8H14N2O3S. The van der Waals surface area contributed by atoms with Crippen molar-refractivity contribution in [2.75, 3.05) is 39.4 Å². The monoisotopic (exact) mass is 218 g/mol. The van der Waals surface area contributed by atoms with Gasteiger partial charge in [-0.25, -0.2) is 12.7 Å². The first-order chi connectivity index (χ1) is 6.62. The van der Waals surface area contributed by atoms with Crippen LogP contribution in [0.15, 0.2) is 0 Å². The molecule has 0 bridgehead atoms. The molecule has 0 unspecified atom stereocenters. The van der Waals surface area contributed by atoms with E-state index in [1.54, 1.807) is 4.31 Å². The Balaban J connectivity index is 1.66. The largest absolute Gasteiger partial charge is 0.380 e. The summed E-state index contributed by atoms with van der Waals surface area (Å²) in [7, 11) is -3.00.